The first-order valence-corrected chi connectivity index (χ1v) is 7.23. The van der Waals surface area contributed by atoms with E-state index in [1.54, 1.807) is 16.9 Å². The summed E-state index contributed by atoms with van der Waals surface area (Å²) in [5.74, 6) is 0. The Morgan fingerprint density at radius 2 is 2.16 bits per heavy atom. The predicted octanol–water partition coefficient (Wildman–Crippen LogP) is 0.557. The molecule has 2 heterocycles. The van der Waals surface area contributed by atoms with Crippen LogP contribution < -0.4 is 10.5 Å². The molecule has 0 spiro atoms. The van der Waals surface area contributed by atoms with Crippen molar-refractivity contribution in [2.24, 2.45) is 5.73 Å². The van der Waals surface area contributed by atoms with Crippen molar-refractivity contribution in [1.82, 2.24) is 14.8 Å². The van der Waals surface area contributed by atoms with Crippen LogP contribution in [-0.4, -0.2) is 23.2 Å². The molecule has 0 aliphatic carbocycles. The number of aryl methyl sites for hydroxylation is 1. The van der Waals surface area contributed by atoms with E-state index in [-0.39, 0.29) is 11.4 Å². The third-order valence-corrected chi connectivity index (χ3v) is 3.89. The minimum Gasteiger partial charge on any atom is -0.325 e. The number of nitrogens with one attached hydrogen (secondary N) is 1. The van der Waals surface area contributed by atoms with Crippen LogP contribution in [0.5, 0.6) is 0 Å². The van der Waals surface area contributed by atoms with E-state index in [1.165, 1.54) is 18.5 Å². The third kappa shape index (κ3) is 3.09. The van der Waals surface area contributed by atoms with Crippen LogP contribution in [0.1, 0.15) is 12.6 Å². The van der Waals surface area contributed by atoms with Crippen molar-refractivity contribution in [2.75, 3.05) is 4.72 Å². The Balaban J connectivity index is 2.21. The third-order valence-electron chi connectivity index (χ3n) is 2.53. The van der Waals surface area contributed by atoms with Gasteiger partial charge in [0.25, 0.3) is 10.0 Å². The number of hydrogen-bond donors (Lipinski definition) is 2. The zero-order valence-corrected chi connectivity index (χ0v) is 11.3. The van der Waals surface area contributed by atoms with Gasteiger partial charge in [0.1, 0.15) is 4.90 Å². The second kappa shape index (κ2) is 5.37. The Labute approximate surface area is 111 Å². The van der Waals surface area contributed by atoms with Crippen molar-refractivity contribution >= 4 is 15.7 Å². The summed E-state index contributed by atoms with van der Waals surface area (Å²) in [7, 11) is -3.64. The fraction of sp³-hybridized carbons (Fsp3) is 0.273. The highest BCUT2D eigenvalue weighted by Gasteiger charge is 2.15. The van der Waals surface area contributed by atoms with Gasteiger partial charge in [-0.25, -0.2) is 8.42 Å². The zero-order valence-electron chi connectivity index (χ0n) is 10.4. The van der Waals surface area contributed by atoms with Crippen LogP contribution in [-0.2, 0) is 23.1 Å². The Kier molecular flexibility index (Phi) is 3.82. The molecular weight excluding hydrogens is 266 g/mol. The lowest BCUT2D eigenvalue weighted by atomic mass is 10.4. The minimum absolute atomic E-state index is 0.0916. The first-order chi connectivity index (χ1) is 9.05. The van der Waals surface area contributed by atoms with Crippen molar-refractivity contribution < 1.29 is 8.42 Å². The molecule has 0 amide bonds. The molecule has 7 nitrogen and oxygen atoms in total. The molecule has 0 radical (unpaired) electrons. The van der Waals surface area contributed by atoms with E-state index >= 15 is 0 Å². The lowest BCUT2D eigenvalue weighted by Crippen LogP contribution is -2.13. The molecule has 0 aromatic carbocycles. The first kappa shape index (κ1) is 13.5. The summed E-state index contributed by atoms with van der Waals surface area (Å²) in [5, 5.41) is 4.00. The molecule has 0 saturated carbocycles. The van der Waals surface area contributed by atoms with E-state index in [1.807, 2.05) is 6.92 Å². The molecule has 0 bridgehead atoms. The second-order valence-corrected chi connectivity index (χ2v) is 5.56. The van der Waals surface area contributed by atoms with Crippen molar-refractivity contribution in [3.05, 3.63) is 36.4 Å². The lowest BCUT2D eigenvalue weighted by molar-refractivity contribution is 0.600. The minimum atomic E-state index is -3.64. The molecule has 2 aromatic heterocycles. The number of anilines is 1. The van der Waals surface area contributed by atoms with Gasteiger partial charge < -0.3 is 5.73 Å². The van der Waals surface area contributed by atoms with Crippen LogP contribution in [0.15, 0.2) is 35.6 Å². The molecule has 102 valence electrons. The van der Waals surface area contributed by atoms with Gasteiger partial charge in [-0.3, -0.25) is 14.4 Å². The van der Waals surface area contributed by atoms with E-state index in [9.17, 15) is 8.42 Å². The van der Waals surface area contributed by atoms with E-state index in [0.717, 1.165) is 0 Å². The van der Waals surface area contributed by atoms with Crippen LogP contribution in [0.3, 0.4) is 0 Å². The number of sulfonamides is 1. The average molecular weight is 281 g/mol. The van der Waals surface area contributed by atoms with Crippen LogP contribution in [0, 0.1) is 0 Å². The average Bonchev–Trinajstić information content (AvgIpc) is 2.85. The fourth-order valence-corrected chi connectivity index (χ4v) is 2.47. The zero-order chi connectivity index (χ0) is 13.9. The summed E-state index contributed by atoms with van der Waals surface area (Å²) in [4.78, 5) is 4.05. The number of aromatic nitrogens is 3. The topological polar surface area (TPSA) is 103 Å². The number of pyridine rings is 1. The molecule has 0 saturated heterocycles. The normalized spacial score (nSPS) is 11.5. The monoisotopic (exact) mass is 281 g/mol. The Morgan fingerprint density at radius 1 is 1.37 bits per heavy atom. The molecule has 8 heteroatoms. The summed E-state index contributed by atoms with van der Waals surface area (Å²) in [6, 6.07) is 3.06. The molecule has 3 N–H and O–H groups in total. The maximum atomic E-state index is 12.1. The Morgan fingerprint density at radius 3 is 2.68 bits per heavy atom. The summed E-state index contributed by atoms with van der Waals surface area (Å²) < 4.78 is 28.2. The highest BCUT2D eigenvalue weighted by Crippen LogP contribution is 2.14. The molecule has 2 rings (SSSR count). The summed E-state index contributed by atoms with van der Waals surface area (Å²) in [6.07, 6.45) is 4.37. The van der Waals surface area contributed by atoms with E-state index < -0.39 is 10.0 Å². The standard InChI is InChI=1S/C11H15N5O2S/c1-2-16-8-10(6-14-16)15-19(17,18)11-4-3-9(5-12)13-7-11/h3-4,6-8,15H,2,5,12H2,1H3. The van der Waals surface area contributed by atoms with Crippen LogP contribution >= 0.6 is 0 Å². The molecule has 0 atom stereocenters. The number of hydrogen-bond acceptors (Lipinski definition) is 5. The SMILES string of the molecule is CCn1cc(NS(=O)(=O)c2ccc(CN)nc2)cn1. The van der Waals surface area contributed by atoms with Crippen molar-refractivity contribution in [3.63, 3.8) is 0 Å². The molecule has 0 aliphatic rings. The van der Waals surface area contributed by atoms with Crippen molar-refractivity contribution in [2.45, 2.75) is 24.9 Å². The Bertz CT molecular complexity index is 648. The maximum Gasteiger partial charge on any atom is 0.263 e. The molecular formula is C11H15N5O2S. The van der Waals surface area contributed by atoms with Crippen LogP contribution in [0.25, 0.3) is 0 Å². The van der Waals surface area contributed by atoms with Crippen molar-refractivity contribution in [3.8, 4) is 0 Å². The Hall–Kier alpha value is -1.93. The van der Waals surface area contributed by atoms with Gasteiger partial charge in [-0.2, -0.15) is 5.10 Å². The maximum absolute atomic E-state index is 12.1. The van der Waals surface area contributed by atoms with Gasteiger partial charge in [0.2, 0.25) is 0 Å². The van der Waals surface area contributed by atoms with Gasteiger partial charge in [0.15, 0.2) is 0 Å². The molecule has 0 unspecified atom stereocenters. The van der Waals surface area contributed by atoms with Crippen molar-refractivity contribution in [1.29, 1.82) is 0 Å². The highest BCUT2D eigenvalue weighted by molar-refractivity contribution is 7.92. The summed E-state index contributed by atoms with van der Waals surface area (Å²) in [6.45, 7) is 2.87. The quantitative estimate of drug-likeness (QED) is 0.833. The number of rotatable bonds is 5. The summed E-state index contributed by atoms with van der Waals surface area (Å²) in [5.41, 5.74) is 6.47. The van der Waals surface area contributed by atoms with E-state index in [0.29, 0.717) is 17.9 Å². The smallest absolute Gasteiger partial charge is 0.263 e. The van der Waals surface area contributed by atoms with Gasteiger partial charge >= 0.3 is 0 Å². The van der Waals surface area contributed by atoms with Gasteiger partial charge in [-0.1, -0.05) is 0 Å². The highest BCUT2D eigenvalue weighted by atomic mass is 32.2. The number of nitrogens with two attached hydrogens (primary N) is 1. The largest absolute Gasteiger partial charge is 0.325 e. The van der Waals surface area contributed by atoms with E-state index in [4.69, 9.17) is 5.73 Å². The fourth-order valence-electron chi connectivity index (χ4n) is 1.49. The van der Waals surface area contributed by atoms with Gasteiger partial charge in [-0.15, -0.1) is 0 Å². The molecule has 19 heavy (non-hydrogen) atoms. The van der Waals surface area contributed by atoms with Crippen LogP contribution in [0.4, 0.5) is 5.69 Å². The summed E-state index contributed by atoms with van der Waals surface area (Å²) >= 11 is 0. The predicted molar refractivity (Wildman–Crippen MR) is 70.8 cm³/mol. The number of nitrogens with zero attached hydrogens (tertiary/aromatic N) is 3. The van der Waals surface area contributed by atoms with Gasteiger partial charge in [0.05, 0.1) is 17.6 Å². The van der Waals surface area contributed by atoms with Gasteiger partial charge in [-0.05, 0) is 19.1 Å². The molecule has 2 aromatic rings. The van der Waals surface area contributed by atoms with E-state index in [2.05, 4.69) is 14.8 Å². The molecule has 0 fully saturated rings. The molecule has 0 aliphatic heterocycles. The van der Waals surface area contributed by atoms with Gasteiger partial charge in [0, 0.05) is 25.5 Å². The lowest BCUT2D eigenvalue weighted by Gasteiger charge is -2.05. The first-order valence-electron chi connectivity index (χ1n) is 5.75. The van der Waals surface area contributed by atoms with Crippen LogP contribution in [0.2, 0.25) is 0 Å². The second-order valence-electron chi connectivity index (χ2n) is 3.88.